The van der Waals surface area contributed by atoms with Gasteiger partial charge in [-0.3, -0.25) is 4.90 Å². The molecule has 0 atom stereocenters. The van der Waals surface area contributed by atoms with Gasteiger partial charge in [-0.1, -0.05) is 38.1 Å². The van der Waals surface area contributed by atoms with E-state index in [0.717, 1.165) is 38.8 Å². The Morgan fingerprint density at radius 2 is 1.86 bits per heavy atom. The van der Waals surface area contributed by atoms with E-state index in [1.807, 2.05) is 0 Å². The summed E-state index contributed by atoms with van der Waals surface area (Å²) in [5.41, 5.74) is 2.72. The molecule has 1 aromatic rings. The molecule has 0 heterocycles. The quantitative estimate of drug-likeness (QED) is 0.670. The molecule has 118 valence electrons. The topological polar surface area (TPSA) is 24.5 Å². The second-order valence-corrected chi connectivity index (χ2v) is 6.61. The Balaban J connectivity index is 1.63. The molecule has 1 aliphatic carbocycles. The summed E-state index contributed by atoms with van der Waals surface area (Å²) in [6.45, 7) is 9.11. The summed E-state index contributed by atoms with van der Waals surface area (Å²) in [7, 11) is 2.16. The van der Waals surface area contributed by atoms with Crippen molar-refractivity contribution < 1.29 is 4.74 Å². The average Bonchev–Trinajstić information content (AvgIpc) is 3.27. The predicted octanol–water partition coefficient (Wildman–Crippen LogP) is 3.04. The fraction of sp³-hybridized carbons (Fsp3) is 0.667. The van der Waals surface area contributed by atoms with Gasteiger partial charge in [-0.2, -0.15) is 0 Å². The molecule has 1 fully saturated rings. The first-order chi connectivity index (χ1) is 10.1. The molecule has 0 radical (unpaired) electrons. The minimum Gasteiger partial charge on any atom is -0.380 e. The van der Waals surface area contributed by atoms with Gasteiger partial charge in [0.15, 0.2) is 0 Å². The van der Waals surface area contributed by atoms with Gasteiger partial charge in [0.25, 0.3) is 0 Å². The van der Waals surface area contributed by atoms with E-state index in [2.05, 4.69) is 55.4 Å². The molecule has 0 amide bonds. The number of hydrogen-bond donors (Lipinski definition) is 1. The van der Waals surface area contributed by atoms with Crippen molar-refractivity contribution in [2.75, 3.05) is 26.8 Å². The van der Waals surface area contributed by atoms with Crippen LogP contribution in [0.1, 0.15) is 37.8 Å². The fourth-order valence-electron chi connectivity index (χ4n) is 2.23. The van der Waals surface area contributed by atoms with Crippen molar-refractivity contribution >= 4 is 0 Å². The van der Waals surface area contributed by atoms with E-state index in [1.54, 1.807) is 0 Å². The molecule has 0 spiro atoms. The van der Waals surface area contributed by atoms with Crippen molar-refractivity contribution in [3.63, 3.8) is 0 Å². The fourth-order valence-corrected chi connectivity index (χ4v) is 2.23. The van der Waals surface area contributed by atoms with Crippen molar-refractivity contribution in [2.45, 2.75) is 45.8 Å². The first-order valence-corrected chi connectivity index (χ1v) is 8.21. The van der Waals surface area contributed by atoms with Gasteiger partial charge in [0.1, 0.15) is 0 Å². The van der Waals surface area contributed by atoms with Crippen LogP contribution < -0.4 is 5.32 Å². The molecular weight excluding hydrogens is 260 g/mol. The first kappa shape index (κ1) is 16.5. The molecule has 1 aromatic carbocycles. The van der Waals surface area contributed by atoms with Gasteiger partial charge in [0.05, 0.1) is 6.61 Å². The number of ether oxygens (including phenoxy) is 1. The van der Waals surface area contributed by atoms with Gasteiger partial charge in [0.2, 0.25) is 0 Å². The molecule has 0 bridgehead atoms. The second-order valence-electron chi connectivity index (χ2n) is 6.61. The Bertz CT molecular complexity index is 398. The molecule has 3 heteroatoms. The van der Waals surface area contributed by atoms with Crippen LogP contribution >= 0.6 is 0 Å². The summed E-state index contributed by atoms with van der Waals surface area (Å²) in [6, 6.07) is 9.45. The Labute approximate surface area is 129 Å². The summed E-state index contributed by atoms with van der Waals surface area (Å²) < 4.78 is 5.69. The lowest BCUT2D eigenvalue weighted by Gasteiger charge is -2.17. The van der Waals surface area contributed by atoms with Crippen LogP contribution in [0.15, 0.2) is 24.3 Å². The Morgan fingerprint density at radius 1 is 1.19 bits per heavy atom. The minimum atomic E-state index is 0.534. The van der Waals surface area contributed by atoms with Gasteiger partial charge in [0, 0.05) is 32.3 Å². The Morgan fingerprint density at radius 3 is 2.48 bits per heavy atom. The summed E-state index contributed by atoms with van der Waals surface area (Å²) in [4.78, 5) is 2.33. The van der Waals surface area contributed by atoms with Gasteiger partial charge < -0.3 is 10.1 Å². The number of benzene rings is 1. The molecule has 0 saturated heterocycles. The standard InChI is InChI=1S/C18H30N2O/c1-15(2)19-12-16-4-6-17(7-5-16)13-20(3)10-11-21-14-18-8-9-18/h4-7,15,18-19H,8-14H2,1-3H3. The molecule has 0 aromatic heterocycles. The summed E-state index contributed by atoms with van der Waals surface area (Å²) in [5.74, 6) is 0.863. The van der Waals surface area contributed by atoms with Crippen LogP contribution in [0.2, 0.25) is 0 Å². The lowest BCUT2D eigenvalue weighted by atomic mass is 10.1. The maximum Gasteiger partial charge on any atom is 0.0593 e. The van der Waals surface area contributed by atoms with Crippen molar-refractivity contribution in [3.05, 3.63) is 35.4 Å². The highest BCUT2D eigenvalue weighted by Gasteiger charge is 2.20. The smallest absolute Gasteiger partial charge is 0.0593 e. The van der Waals surface area contributed by atoms with E-state index in [4.69, 9.17) is 4.74 Å². The third-order valence-electron chi connectivity index (χ3n) is 3.86. The number of nitrogens with one attached hydrogen (secondary N) is 1. The third kappa shape index (κ3) is 7.07. The van der Waals surface area contributed by atoms with Gasteiger partial charge >= 0.3 is 0 Å². The summed E-state index contributed by atoms with van der Waals surface area (Å²) >= 11 is 0. The minimum absolute atomic E-state index is 0.534. The molecule has 21 heavy (non-hydrogen) atoms. The lowest BCUT2D eigenvalue weighted by molar-refractivity contribution is 0.102. The van der Waals surface area contributed by atoms with Crippen LogP contribution in [-0.2, 0) is 17.8 Å². The molecule has 1 N–H and O–H groups in total. The molecule has 1 saturated carbocycles. The number of nitrogens with zero attached hydrogens (tertiary/aromatic N) is 1. The van der Waals surface area contributed by atoms with Crippen LogP contribution in [0, 0.1) is 5.92 Å². The van der Waals surface area contributed by atoms with Crippen molar-refractivity contribution in [3.8, 4) is 0 Å². The number of likely N-dealkylation sites (N-methyl/N-ethyl adjacent to an activating group) is 1. The largest absolute Gasteiger partial charge is 0.380 e. The van der Waals surface area contributed by atoms with E-state index in [9.17, 15) is 0 Å². The van der Waals surface area contributed by atoms with Crippen LogP contribution in [0.5, 0.6) is 0 Å². The maximum atomic E-state index is 5.69. The maximum absolute atomic E-state index is 5.69. The molecule has 0 aliphatic heterocycles. The molecule has 2 rings (SSSR count). The zero-order chi connectivity index (χ0) is 15.1. The van der Waals surface area contributed by atoms with Gasteiger partial charge in [-0.05, 0) is 36.9 Å². The van der Waals surface area contributed by atoms with Crippen molar-refractivity contribution in [2.24, 2.45) is 5.92 Å². The van der Waals surface area contributed by atoms with E-state index < -0.39 is 0 Å². The van der Waals surface area contributed by atoms with Crippen molar-refractivity contribution in [1.29, 1.82) is 0 Å². The van der Waals surface area contributed by atoms with Gasteiger partial charge in [-0.15, -0.1) is 0 Å². The number of rotatable bonds is 10. The van der Waals surface area contributed by atoms with Crippen LogP contribution in [0.3, 0.4) is 0 Å². The second kappa shape index (κ2) is 8.52. The normalized spacial score (nSPS) is 15.1. The van der Waals surface area contributed by atoms with Crippen LogP contribution in [0.4, 0.5) is 0 Å². The zero-order valence-electron chi connectivity index (χ0n) is 13.8. The molecule has 1 aliphatic rings. The van der Waals surface area contributed by atoms with Crippen LogP contribution in [0.25, 0.3) is 0 Å². The number of hydrogen-bond acceptors (Lipinski definition) is 3. The van der Waals surface area contributed by atoms with Crippen molar-refractivity contribution in [1.82, 2.24) is 10.2 Å². The highest BCUT2D eigenvalue weighted by Crippen LogP contribution is 2.28. The highest BCUT2D eigenvalue weighted by molar-refractivity contribution is 5.22. The Hall–Kier alpha value is -0.900. The van der Waals surface area contributed by atoms with E-state index in [1.165, 1.54) is 24.0 Å². The predicted molar refractivity (Wildman–Crippen MR) is 88.3 cm³/mol. The average molecular weight is 290 g/mol. The lowest BCUT2D eigenvalue weighted by Crippen LogP contribution is -2.23. The third-order valence-corrected chi connectivity index (χ3v) is 3.86. The molecule has 0 unspecified atom stereocenters. The Kier molecular flexibility index (Phi) is 6.68. The highest BCUT2D eigenvalue weighted by atomic mass is 16.5. The monoisotopic (exact) mass is 290 g/mol. The summed E-state index contributed by atoms with van der Waals surface area (Å²) in [5, 5.41) is 3.44. The summed E-state index contributed by atoms with van der Waals surface area (Å²) in [6.07, 6.45) is 2.74. The van der Waals surface area contributed by atoms with Gasteiger partial charge in [-0.25, -0.2) is 0 Å². The van der Waals surface area contributed by atoms with E-state index >= 15 is 0 Å². The zero-order valence-corrected chi connectivity index (χ0v) is 13.8. The molecule has 3 nitrogen and oxygen atoms in total. The molecular formula is C18H30N2O. The van der Waals surface area contributed by atoms with E-state index in [-0.39, 0.29) is 0 Å². The SMILES string of the molecule is CC(C)NCc1ccc(CN(C)CCOCC2CC2)cc1. The van der Waals surface area contributed by atoms with E-state index in [0.29, 0.717) is 6.04 Å². The first-order valence-electron chi connectivity index (χ1n) is 8.21. The van der Waals surface area contributed by atoms with Crippen LogP contribution in [-0.4, -0.2) is 37.7 Å².